The molecule has 0 saturated carbocycles. The Hall–Kier alpha value is -3.19. The van der Waals surface area contributed by atoms with E-state index in [0.29, 0.717) is 0 Å². The summed E-state index contributed by atoms with van der Waals surface area (Å²) in [6.07, 6.45) is 2.89. The van der Waals surface area contributed by atoms with Crippen LogP contribution in [0.15, 0.2) is 79.5 Å². The number of rotatable bonds is 2. The maximum atomic E-state index is 4.77. The Morgan fingerprint density at radius 1 is 0.885 bits per heavy atom. The van der Waals surface area contributed by atoms with Crippen molar-refractivity contribution in [2.24, 2.45) is 0 Å². The van der Waals surface area contributed by atoms with E-state index in [2.05, 4.69) is 73.3 Å². The van der Waals surface area contributed by atoms with Gasteiger partial charge in [-0.25, -0.2) is 0 Å². The van der Waals surface area contributed by atoms with Gasteiger partial charge in [0.1, 0.15) is 0 Å². The lowest BCUT2D eigenvalue weighted by Gasteiger charge is -2.12. The average Bonchev–Trinajstić information content (AvgIpc) is 3.06. The number of hydrogen-bond acceptors (Lipinski definition) is 1. The topological polar surface area (TPSA) is 12.9 Å². The molecule has 3 aromatic carbocycles. The van der Waals surface area contributed by atoms with Gasteiger partial charge in [0.25, 0.3) is 0 Å². The molecule has 1 heterocycles. The van der Waals surface area contributed by atoms with E-state index < -0.39 is 0 Å². The van der Waals surface area contributed by atoms with Gasteiger partial charge in [-0.15, -0.1) is 0 Å². The quantitative estimate of drug-likeness (QED) is 0.359. The highest BCUT2D eigenvalue weighted by Gasteiger charge is 2.22. The van der Waals surface area contributed by atoms with Crippen molar-refractivity contribution < 1.29 is 0 Å². The number of benzene rings is 3. The predicted molar refractivity (Wildman–Crippen MR) is 110 cm³/mol. The van der Waals surface area contributed by atoms with E-state index in [4.69, 9.17) is 4.98 Å². The number of aromatic nitrogens is 1. The lowest BCUT2D eigenvalue weighted by Crippen LogP contribution is -1.92. The molecule has 0 amide bonds. The third-order valence-electron chi connectivity index (χ3n) is 5.36. The summed E-state index contributed by atoms with van der Waals surface area (Å²) < 4.78 is 0. The van der Waals surface area contributed by atoms with Crippen LogP contribution in [-0.2, 0) is 6.42 Å². The van der Waals surface area contributed by atoms with Crippen molar-refractivity contribution in [3.05, 3.63) is 96.2 Å². The van der Waals surface area contributed by atoms with E-state index in [0.717, 1.165) is 17.7 Å². The summed E-state index contributed by atoms with van der Waals surface area (Å²) in [6.45, 7) is 6.11. The molecular weight excluding hydrogens is 314 g/mol. The number of allylic oxidation sites excluding steroid dienone is 1. The molecule has 124 valence electrons. The SMILES string of the molecule is C=C(C)c1ccc2c(-c3cccc4c3Cc3ccccc3-4)nccc2c1. The lowest BCUT2D eigenvalue weighted by atomic mass is 9.95. The first kappa shape index (κ1) is 15.1. The first-order valence-corrected chi connectivity index (χ1v) is 8.97. The van der Waals surface area contributed by atoms with Crippen LogP contribution in [0.1, 0.15) is 23.6 Å². The molecule has 0 atom stereocenters. The molecule has 1 heteroatoms. The van der Waals surface area contributed by atoms with E-state index >= 15 is 0 Å². The minimum atomic E-state index is 0.976. The number of hydrogen-bond donors (Lipinski definition) is 0. The van der Waals surface area contributed by atoms with Gasteiger partial charge in [-0.2, -0.15) is 0 Å². The van der Waals surface area contributed by atoms with Crippen LogP contribution in [0.4, 0.5) is 0 Å². The van der Waals surface area contributed by atoms with Gasteiger partial charge in [-0.05, 0) is 58.7 Å². The van der Waals surface area contributed by atoms with Crippen LogP contribution in [0.3, 0.4) is 0 Å². The normalized spacial score (nSPS) is 12.0. The summed E-state index contributed by atoms with van der Waals surface area (Å²) >= 11 is 0. The standard InChI is InChI=1S/C25H19N/c1-16(2)17-10-11-21-19(14-17)12-13-26-25(21)23-9-5-8-22-20-7-4-3-6-18(20)15-24(22)23/h3-14H,1,15H2,2H3. The van der Waals surface area contributed by atoms with Gasteiger partial charge in [-0.3, -0.25) is 4.98 Å². The molecule has 1 nitrogen and oxygen atoms in total. The summed E-state index contributed by atoms with van der Waals surface area (Å²) in [6, 6.07) is 23.9. The second kappa shape index (κ2) is 5.67. The first-order chi connectivity index (χ1) is 12.7. The molecule has 1 aliphatic carbocycles. The average molecular weight is 333 g/mol. The van der Waals surface area contributed by atoms with Crippen molar-refractivity contribution in [2.45, 2.75) is 13.3 Å². The number of pyridine rings is 1. The molecule has 4 aromatic rings. The smallest absolute Gasteiger partial charge is 0.0783 e. The summed E-state index contributed by atoms with van der Waals surface area (Å²) in [5.41, 5.74) is 10.1. The largest absolute Gasteiger partial charge is 0.256 e. The van der Waals surface area contributed by atoms with Crippen molar-refractivity contribution in [1.82, 2.24) is 4.98 Å². The van der Waals surface area contributed by atoms with Crippen LogP contribution in [0, 0.1) is 0 Å². The number of fused-ring (bicyclic) bond motifs is 4. The van der Waals surface area contributed by atoms with Gasteiger partial charge >= 0.3 is 0 Å². The van der Waals surface area contributed by atoms with E-state index in [1.807, 2.05) is 13.1 Å². The van der Waals surface area contributed by atoms with Gasteiger partial charge in [0.05, 0.1) is 5.69 Å². The van der Waals surface area contributed by atoms with Crippen molar-refractivity contribution >= 4 is 16.3 Å². The molecule has 26 heavy (non-hydrogen) atoms. The summed E-state index contributed by atoms with van der Waals surface area (Å²) in [7, 11) is 0. The predicted octanol–water partition coefficient (Wildman–Crippen LogP) is 6.51. The Balaban J connectivity index is 1.74. The molecular formula is C25H19N. The molecule has 0 radical (unpaired) electrons. The highest BCUT2D eigenvalue weighted by atomic mass is 14.7. The zero-order valence-corrected chi connectivity index (χ0v) is 14.8. The summed E-state index contributed by atoms with van der Waals surface area (Å²) in [5, 5.41) is 2.41. The van der Waals surface area contributed by atoms with Crippen LogP contribution < -0.4 is 0 Å². The molecule has 0 saturated heterocycles. The van der Waals surface area contributed by atoms with Crippen molar-refractivity contribution in [3.63, 3.8) is 0 Å². The Bertz CT molecular complexity index is 1180. The monoisotopic (exact) mass is 333 g/mol. The Kier molecular flexibility index (Phi) is 3.29. The van der Waals surface area contributed by atoms with Crippen LogP contribution in [-0.4, -0.2) is 4.98 Å². The van der Waals surface area contributed by atoms with E-state index in [1.165, 1.54) is 44.2 Å². The molecule has 5 rings (SSSR count). The van der Waals surface area contributed by atoms with Crippen LogP contribution in [0.5, 0.6) is 0 Å². The fourth-order valence-corrected chi connectivity index (χ4v) is 4.04. The lowest BCUT2D eigenvalue weighted by molar-refractivity contribution is 1.25. The summed E-state index contributed by atoms with van der Waals surface area (Å²) in [4.78, 5) is 4.77. The molecule has 1 aliphatic rings. The minimum absolute atomic E-state index is 0.976. The molecule has 0 bridgehead atoms. The van der Waals surface area contributed by atoms with Crippen molar-refractivity contribution in [1.29, 1.82) is 0 Å². The van der Waals surface area contributed by atoms with E-state index in [1.54, 1.807) is 0 Å². The van der Waals surface area contributed by atoms with E-state index in [9.17, 15) is 0 Å². The highest BCUT2D eigenvalue weighted by Crippen LogP contribution is 2.42. The fraction of sp³-hybridized carbons (Fsp3) is 0.0800. The van der Waals surface area contributed by atoms with Gasteiger partial charge in [-0.1, -0.05) is 66.7 Å². The Morgan fingerprint density at radius 2 is 1.69 bits per heavy atom. The van der Waals surface area contributed by atoms with Crippen LogP contribution in [0.25, 0.3) is 38.7 Å². The van der Waals surface area contributed by atoms with Crippen LogP contribution in [0.2, 0.25) is 0 Å². The van der Waals surface area contributed by atoms with Gasteiger partial charge < -0.3 is 0 Å². The molecule has 0 fully saturated rings. The highest BCUT2D eigenvalue weighted by molar-refractivity contribution is 5.98. The minimum Gasteiger partial charge on any atom is -0.256 e. The van der Waals surface area contributed by atoms with Gasteiger partial charge in [0.15, 0.2) is 0 Å². The van der Waals surface area contributed by atoms with Crippen LogP contribution >= 0.6 is 0 Å². The Labute approximate surface area is 153 Å². The molecule has 0 aliphatic heterocycles. The fourth-order valence-electron chi connectivity index (χ4n) is 4.04. The maximum Gasteiger partial charge on any atom is 0.0783 e. The third-order valence-corrected chi connectivity index (χ3v) is 5.36. The van der Waals surface area contributed by atoms with Crippen molar-refractivity contribution in [2.75, 3.05) is 0 Å². The second-order valence-corrected chi connectivity index (χ2v) is 7.04. The summed E-state index contributed by atoms with van der Waals surface area (Å²) in [5.74, 6) is 0. The third kappa shape index (κ3) is 2.21. The zero-order valence-electron chi connectivity index (χ0n) is 14.8. The first-order valence-electron chi connectivity index (χ1n) is 8.97. The number of nitrogens with zero attached hydrogens (tertiary/aromatic N) is 1. The second-order valence-electron chi connectivity index (χ2n) is 7.04. The molecule has 0 spiro atoms. The van der Waals surface area contributed by atoms with Gasteiger partial charge in [0.2, 0.25) is 0 Å². The van der Waals surface area contributed by atoms with E-state index in [-0.39, 0.29) is 0 Å². The maximum absolute atomic E-state index is 4.77. The van der Waals surface area contributed by atoms with Crippen molar-refractivity contribution in [3.8, 4) is 22.4 Å². The Morgan fingerprint density at radius 3 is 2.58 bits per heavy atom. The van der Waals surface area contributed by atoms with Gasteiger partial charge in [0, 0.05) is 17.1 Å². The molecule has 0 unspecified atom stereocenters. The molecule has 0 N–H and O–H groups in total. The zero-order chi connectivity index (χ0) is 17.7. The molecule has 1 aromatic heterocycles.